The second kappa shape index (κ2) is 2.80. The van der Waals surface area contributed by atoms with Crippen LogP contribution >= 0.6 is 0 Å². The summed E-state index contributed by atoms with van der Waals surface area (Å²) in [5.41, 5.74) is 1.66. The van der Waals surface area contributed by atoms with Crippen LogP contribution in [0.25, 0.3) is 0 Å². The second-order valence-corrected chi connectivity index (χ2v) is 3.06. The maximum absolute atomic E-state index is 11.8. The highest BCUT2D eigenvalue weighted by Crippen LogP contribution is 2.12. The fourth-order valence-electron chi connectivity index (χ4n) is 1.56. The van der Waals surface area contributed by atoms with Crippen molar-refractivity contribution in [1.82, 2.24) is 9.55 Å². The number of hydrogen-bond acceptors (Lipinski definition) is 3. The van der Waals surface area contributed by atoms with Crippen LogP contribution in [0.3, 0.4) is 0 Å². The molecule has 2 heterocycles. The number of hydrogen-bond donors (Lipinski definition) is 0. The monoisotopic (exact) mass is 177 g/mol. The van der Waals surface area contributed by atoms with Gasteiger partial charge in [-0.05, 0) is 13.3 Å². The van der Waals surface area contributed by atoms with Crippen LogP contribution in [-0.4, -0.2) is 15.8 Å². The molecule has 0 bridgehead atoms. The maximum Gasteiger partial charge on any atom is 0.258 e. The predicted octanol–water partition coefficient (Wildman–Crippen LogP) is 0.830. The van der Waals surface area contributed by atoms with Crippen molar-refractivity contribution in [3.05, 3.63) is 21.6 Å². The van der Waals surface area contributed by atoms with E-state index in [0.29, 0.717) is 12.5 Å². The van der Waals surface area contributed by atoms with Crippen LogP contribution in [0.5, 0.6) is 0 Å². The molecule has 1 aliphatic heterocycles. The topological polar surface area (TPSA) is 47.2 Å². The highest BCUT2D eigenvalue weighted by molar-refractivity contribution is 5.65. The van der Waals surface area contributed by atoms with Crippen molar-refractivity contribution < 1.29 is 0 Å². The number of aliphatic imine (C=N–C) groups is 1. The minimum atomic E-state index is 0.0579. The van der Waals surface area contributed by atoms with Crippen molar-refractivity contribution in [2.75, 3.05) is 0 Å². The van der Waals surface area contributed by atoms with Crippen molar-refractivity contribution in [2.24, 2.45) is 4.99 Å². The van der Waals surface area contributed by atoms with Crippen LogP contribution in [0.1, 0.15) is 18.2 Å². The van der Waals surface area contributed by atoms with Crippen LogP contribution in [0.15, 0.2) is 9.79 Å². The van der Waals surface area contributed by atoms with Crippen LogP contribution in [-0.2, 0) is 13.0 Å². The van der Waals surface area contributed by atoms with Gasteiger partial charge in [0.05, 0.1) is 12.2 Å². The zero-order valence-corrected chi connectivity index (χ0v) is 7.74. The van der Waals surface area contributed by atoms with Gasteiger partial charge in [-0.3, -0.25) is 9.36 Å². The summed E-state index contributed by atoms with van der Waals surface area (Å²) in [6.45, 7) is 4.39. The van der Waals surface area contributed by atoms with E-state index in [2.05, 4.69) is 9.98 Å². The lowest BCUT2D eigenvalue weighted by Gasteiger charge is -2.05. The third-order valence-corrected chi connectivity index (χ3v) is 2.27. The molecule has 2 rings (SSSR count). The fraction of sp³-hybridized carbons (Fsp3) is 0.444. The first kappa shape index (κ1) is 8.16. The Labute approximate surface area is 76.0 Å². The van der Waals surface area contributed by atoms with Gasteiger partial charge in [0.15, 0.2) is 0 Å². The number of aromatic nitrogens is 2. The molecule has 0 aliphatic carbocycles. The van der Waals surface area contributed by atoms with Crippen LogP contribution < -0.4 is 5.56 Å². The largest absolute Gasteiger partial charge is 0.271 e. The average molecular weight is 177 g/mol. The van der Waals surface area contributed by atoms with Gasteiger partial charge in [-0.2, -0.15) is 0 Å². The van der Waals surface area contributed by atoms with Gasteiger partial charge in [0.1, 0.15) is 0 Å². The lowest BCUT2D eigenvalue weighted by Crippen LogP contribution is -2.24. The molecule has 0 fully saturated rings. The van der Waals surface area contributed by atoms with Crippen molar-refractivity contribution in [2.45, 2.75) is 26.8 Å². The Morgan fingerprint density at radius 1 is 1.62 bits per heavy atom. The lowest BCUT2D eigenvalue weighted by atomic mass is 10.2. The summed E-state index contributed by atoms with van der Waals surface area (Å²) >= 11 is 0. The molecule has 1 aliphatic rings. The third-order valence-electron chi connectivity index (χ3n) is 2.27. The van der Waals surface area contributed by atoms with Gasteiger partial charge in [-0.15, -0.1) is 0 Å². The van der Waals surface area contributed by atoms with E-state index in [4.69, 9.17) is 0 Å². The molecule has 1 aromatic heterocycles. The third kappa shape index (κ3) is 1.09. The highest BCUT2D eigenvalue weighted by atomic mass is 16.1. The Bertz CT molecular complexity index is 424. The highest BCUT2D eigenvalue weighted by Gasteiger charge is 2.13. The van der Waals surface area contributed by atoms with Gasteiger partial charge in [-0.1, -0.05) is 6.92 Å². The molecule has 0 spiro atoms. The molecule has 0 aromatic carbocycles. The molecule has 4 heteroatoms. The second-order valence-electron chi connectivity index (χ2n) is 3.06. The van der Waals surface area contributed by atoms with Gasteiger partial charge >= 0.3 is 0 Å². The van der Waals surface area contributed by atoms with E-state index in [-0.39, 0.29) is 5.56 Å². The van der Waals surface area contributed by atoms with Crippen molar-refractivity contribution in [3.63, 3.8) is 0 Å². The minimum absolute atomic E-state index is 0.0579. The quantitative estimate of drug-likeness (QED) is 0.637. The summed E-state index contributed by atoms with van der Waals surface area (Å²) in [5, 5.41) is 0. The van der Waals surface area contributed by atoms with E-state index < -0.39 is 0 Å². The van der Waals surface area contributed by atoms with Gasteiger partial charge in [-0.25, -0.2) is 9.98 Å². The van der Waals surface area contributed by atoms with E-state index in [1.54, 1.807) is 10.8 Å². The summed E-state index contributed by atoms with van der Waals surface area (Å²) < 4.78 is 1.60. The molecule has 0 radical (unpaired) electrons. The summed E-state index contributed by atoms with van der Waals surface area (Å²) in [5.74, 6) is 0.541. The molecule has 0 saturated heterocycles. The van der Waals surface area contributed by atoms with E-state index in [0.717, 1.165) is 17.7 Å². The van der Waals surface area contributed by atoms with E-state index in [9.17, 15) is 4.79 Å². The molecular weight excluding hydrogens is 166 g/mol. The Balaban J connectivity index is 2.74. The summed E-state index contributed by atoms with van der Waals surface area (Å²) in [4.78, 5) is 20.0. The number of nitrogens with zero attached hydrogens (tertiary/aromatic N) is 3. The molecule has 0 atom stereocenters. The standard InChI is InChI=1S/C9H11N3O/c1-3-7-6(2)11-9-10-4-5-12(9)8(7)13/h4H,3,5H2,1-2H3. The number of fused-ring (bicyclic) bond motifs is 1. The van der Waals surface area contributed by atoms with Crippen molar-refractivity contribution in [1.29, 1.82) is 0 Å². The van der Waals surface area contributed by atoms with E-state index in [1.807, 2.05) is 13.8 Å². The van der Waals surface area contributed by atoms with Crippen molar-refractivity contribution in [3.8, 4) is 0 Å². The molecule has 0 unspecified atom stereocenters. The Morgan fingerprint density at radius 2 is 2.38 bits per heavy atom. The zero-order chi connectivity index (χ0) is 9.42. The Kier molecular flexibility index (Phi) is 1.76. The normalized spacial score (nSPS) is 13.4. The fourth-order valence-corrected chi connectivity index (χ4v) is 1.56. The smallest absolute Gasteiger partial charge is 0.258 e. The molecule has 0 N–H and O–H groups in total. The summed E-state index contributed by atoms with van der Waals surface area (Å²) in [6, 6.07) is 0. The van der Waals surface area contributed by atoms with Crippen LogP contribution in [0.2, 0.25) is 0 Å². The molecule has 68 valence electrons. The first-order chi connectivity index (χ1) is 6.24. The molecule has 0 amide bonds. The van der Waals surface area contributed by atoms with Gasteiger partial charge in [0.2, 0.25) is 5.95 Å². The molecule has 0 saturated carbocycles. The predicted molar refractivity (Wildman–Crippen MR) is 50.8 cm³/mol. The average Bonchev–Trinajstić information content (AvgIpc) is 2.53. The van der Waals surface area contributed by atoms with Gasteiger partial charge < -0.3 is 0 Å². The summed E-state index contributed by atoms with van der Waals surface area (Å²) in [6.07, 6.45) is 2.45. The number of aryl methyl sites for hydroxylation is 1. The Morgan fingerprint density at radius 3 is 3.08 bits per heavy atom. The van der Waals surface area contributed by atoms with E-state index in [1.165, 1.54) is 0 Å². The first-order valence-electron chi connectivity index (χ1n) is 4.37. The number of rotatable bonds is 1. The molecular formula is C9H11N3O. The zero-order valence-electron chi connectivity index (χ0n) is 7.74. The minimum Gasteiger partial charge on any atom is -0.271 e. The molecule has 1 aromatic rings. The molecule has 4 nitrogen and oxygen atoms in total. The maximum atomic E-state index is 11.8. The summed E-state index contributed by atoms with van der Waals surface area (Å²) in [7, 11) is 0. The van der Waals surface area contributed by atoms with E-state index >= 15 is 0 Å². The molecule has 13 heavy (non-hydrogen) atoms. The van der Waals surface area contributed by atoms with Crippen molar-refractivity contribution >= 4 is 12.2 Å². The lowest BCUT2D eigenvalue weighted by molar-refractivity contribution is 0.785. The first-order valence-corrected chi connectivity index (χ1v) is 4.37. The Hall–Kier alpha value is -1.45. The van der Waals surface area contributed by atoms with Gasteiger partial charge in [0.25, 0.3) is 5.56 Å². The van der Waals surface area contributed by atoms with Crippen LogP contribution in [0.4, 0.5) is 5.95 Å². The van der Waals surface area contributed by atoms with Crippen LogP contribution in [0, 0.1) is 6.92 Å². The van der Waals surface area contributed by atoms with Gasteiger partial charge in [0, 0.05) is 11.8 Å². The SMILES string of the molecule is CCc1c(C)nc2n(c1=O)CC=N2.